The van der Waals surface area contributed by atoms with Gasteiger partial charge < -0.3 is 4.74 Å². The predicted octanol–water partition coefficient (Wildman–Crippen LogP) is 5.58. The molecule has 0 spiro atoms. The monoisotopic (exact) mass is 302 g/mol. The summed E-state index contributed by atoms with van der Waals surface area (Å²) in [4.78, 5) is 0. The average molecular weight is 303 g/mol. The first kappa shape index (κ1) is 12.9. The van der Waals surface area contributed by atoms with E-state index in [1.807, 2.05) is 49.4 Å². The SMILES string of the molecule is C=C(C)c1ccc(Oc2ccc(Br)cc2)cc1C. The van der Waals surface area contributed by atoms with E-state index in [-0.39, 0.29) is 0 Å². The number of allylic oxidation sites excluding steroid dienone is 1. The van der Waals surface area contributed by atoms with Gasteiger partial charge in [-0.1, -0.05) is 34.1 Å². The second-order valence-electron chi connectivity index (χ2n) is 4.31. The van der Waals surface area contributed by atoms with Gasteiger partial charge in [0.25, 0.3) is 0 Å². The Hall–Kier alpha value is -1.54. The van der Waals surface area contributed by atoms with Gasteiger partial charge in [0.1, 0.15) is 11.5 Å². The van der Waals surface area contributed by atoms with Crippen LogP contribution >= 0.6 is 15.9 Å². The van der Waals surface area contributed by atoms with Gasteiger partial charge >= 0.3 is 0 Å². The van der Waals surface area contributed by atoms with Gasteiger partial charge in [-0.2, -0.15) is 0 Å². The highest BCUT2D eigenvalue weighted by atomic mass is 79.9. The fourth-order valence-electron chi connectivity index (χ4n) is 1.82. The van der Waals surface area contributed by atoms with Crippen LogP contribution in [0, 0.1) is 6.92 Å². The molecule has 2 aromatic carbocycles. The van der Waals surface area contributed by atoms with Gasteiger partial charge in [0.15, 0.2) is 0 Å². The Balaban J connectivity index is 2.22. The first-order valence-electron chi connectivity index (χ1n) is 5.76. The molecule has 0 aromatic heterocycles. The molecule has 2 heteroatoms. The van der Waals surface area contributed by atoms with Crippen molar-refractivity contribution in [2.24, 2.45) is 0 Å². The van der Waals surface area contributed by atoms with Crippen molar-refractivity contribution in [2.75, 3.05) is 0 Å². The summed E-state index contributed by atoms with van der Waals surface area (Å²) < 4.78 is 6.84. The topological polar surface area (TPSA) is 9.23 Å². The van der Waals surface area contributed by atoms with Crippen LogP contribution in [0.5, 0.6) is 11.5 Å². The Morgan fingerprint density at radius 2 is 1.67 bits per heavy atom. The second kappa shape index (κ2) is 5.40. The molecule has 0 atom stereocenters. The molecule has 0 bridgehead atoms. The minimum absolute atomic E-state index is 0.834. The van der Waals surface area contributed by atoms with E-state index in [1.165, 1.54) is 11.1 Å². The molecule has 2 aromatic rings. The zero-order valence-corrected chi connectivity index (χ0v) is 12.1. The summed E-state index contributed by atoms with van der Waals surface area (Å²) >= 11 is 3.40. The summed E-state index contributed by atoms with van der Waals surface area (Å²) in [7, 11) is 0. The van der Waals surface area contributed by atoms with Crippen LogP contribution in [-0.4, -0.2) is 0 Å². The second-order valence-corrected chi connectivity index (χ2v) is 5.23. The van der Waals surface area contributed by atoms with Gasteiger partial charge in [0.05, 0.1) is 0 Å². The fraction of sp³-hybridized carbons (Fsp3) is 0.125. The zero-order chi connectivity index (χ0) is 13.1. The highest BCUT2D eigenvalue weighted by Gasteiger charge is 2.02. The molecule has 1 nitrogen and oxygen atoms in total. The van der Waals surface area contributed by atoms with Crippen molar-refractivity contribution in [3.05, 3.63) is 64.6 Å². The lowest BCUT2D eigenvalue weighted by molar-refractivity contribution is 0.482. The van der Waals surface area contributed by atoms with Crippen LogP contribution < -0.4 is 4.74 Å². The summed E-state index contributed by atoms with van der Waals surface area (Å²) in [6, 6.07) is 13.9. The van der Waals surface area contributed by atoms with Crippen molar-refractivity contribution in [1.29, 1.82) is 0 Å². The van der Waals surface area contributed by atoms with E-state index in [4.69, 9.17) is 4.74 Å². The number of rotatable bonds is 3. The average Bonchev–Trinajstić information content (AvgIpc) is 2.32. The molecule has 0 saturated heterocycles. The molecule has 2 rings (SSSR count). The Morgan fingerprint density at radius 3 is 2.22 bits per heavy atom. The number of ether oxygens (including phenoxy) is 1. The Kier molecular flexibility index (Phi) is 3.87. The third-order valence-corrected chi connectivity index (χ3v) is 3.24. The molecule has 0 aliphatic rings. The van der Waals surface area contributed by atoms with Crippen LogP contribution in [0.3, 0.4) is 0 Å². The Morgan fingerprint density at radius 1 is 1.06 bits per heavy atom. The maximum absolute atomic E-state index is 5.80. The minimum Gasteiger partial charge on any atom is -0.457 e. The summed E-state index contributed by atoms with van der Waals surface area (Å²) in [6.07, 6.45) is 0. The number of hydrogen-bond donors (Lipinski definition) is 0. The van der Waals surface area contributed by atoms with Gasteiger partial charge in [-0.3, -0.25) is 0 Å². The highest BCUT2D eigenvalue weighted by molar-refractivity contribution is 9.10. The summed E-state index contributed by atoms with van der Waals surface area (Å²) in [5.74, 6) is 1.68. The van der Waals surface area contributed by atoms with E-state index in [9.17, 15) is 0 Å². The molecule has 0 radical (unpaired) electrons. The van der Waals surface area contributed by atoms with Crippen LogP contribution in [0.25, 0.3) is 5.57 Å². The molecule has 0 aliphatic heterocycles. The van der Waals surface area contributed by atoms with E-state index in [2.05, 4.69) is 29.4 Å². The summed E-state index contributed by atoms with van der Waals surface area (Å²) in [6.45, 7) is 8.04. The van der Waals surface area contributed by atoms with Crippen molar-refractivity contribution in [1.82, 2.24) is 0 Å². The van der Waals surface area contributed by atoms with Crippen LogP contribution in [-0.2, 0) is 0 Å². The van der Waals surface area contributed by atoms with Gasteiger partial charge in [-0.15, -0.1) is 0 Å². The Labute approximate surface area is 116 Å². The lowest BCUT2D eigenvalue weighted by Gasteiger charge is -2.10. The molecule has 18 heavy (non-hydrogen) atoms. The molecule has 92 valence electrons. The van der Waals surface area contributed by atoms with Crippen molar-refractivity contribution in [3.8, 4) is 11.5 Å². The van der Waals surface area contributed by atoms with Crippen molar-refractivity contribution in [2.45, 2.75) is 13.8 Å². The standard InChI is InChI=1S/C16H15BrO/c1-11(2)16-9-8-15(10-12(16)3)18-14-6-4-13(17)5-7-14/h4-10H,1H2,2-3H3. The molecule has 0 fully saturated rings. The largest absolute Gasteiger partial charge is 0.457 e. The minimum atomic E-state index is 0.834. The number of halogens is 1. The van der Waals surface area contributed by atoms with E-state index in [1.54, 1.807) is 0 Å². The highest BCUT2D eigenvalue weighted by Crippen LogP contribution is 2.27. The van der Waals surface area contributed by atoms with Gasteiger partial charge in [-0.25, -0.2) is 0 Å². The van der Waals surface area contributed by atoms with Crippen LogP contribution in [0.4, 0.5) is 0 Å². The fourth-order valence-corrected chi connectivity index (χ4v) is 2.08. The normalized spacial score (nSPS) is 10.2. The molecular formula is C16H15BrO. The van der Waals surface area contributed by atoms with Gasteiger partial charge in [0.2, 0.25) is 0 Å². The maximum Gasteiger partial charge on any atom is 0.127 e. The molecule has 0 aliphatic carbocycles. The first-order valence-corrected chi connectivity index (χ1v) is 6.55. The van der Waals surface area contributed by atoms with Gasteiger partial charge in [0, 0.05) is 4.47 Å². The first-order chi connectivity index (χ1) is 8.56. The summed E-state index contributed by atoms with van der Waals surface area (Å²) in [5.41, 5.74) is 3.43. The van der Waals surface area contributed by atoms with Crippen molar-refractivity contribution < 1.29 is 4.74 Å². The molecular weight excluding hydrogens is 288 g/mol. The number of benzene rings is 2. The molecule has 0 unspecified atom stereocenters. The molecule has 0 saturated carbocycles. The summed E-state index contributed by atoms with van der Waals surface area (Å²) in [5, 5.41) is 0. The predicted molar refractivity (Wildman–Crippen MR) is 80.1 cm³/mol. The molecule has 0 amide bonds. The van der Waals surface area contributed by atoms with E-state index in [0.29, 0.717) is 0 Å². The van der Waals surface area contributed by atoms with Crippen LogP contribution in [0.2, 0.25) is 0 Å². The third kappa shape index (κ3) is 3.02. The number of hydrogen-bond acceptors (Lipinski definition) is 1. The lowest BCUT2D eigenvalue weighted by Crippen LogP contribution is -1.88. The molecule has 0 N–H and O–H groups in total. The zero-order valence-electron chi connectivity index (χ0n) is 10.5. The number of aryl methyl sites for hydroxylation is 1. The smallest absolute Gasteiger partial charge is 0.127 e. The Bertz CT molecular complexity index is 570. The van der Waals surface area contributed by atoms with Crippen molar-refractivity contribution >= 4 is 21.5 Å². The van der Waals surface area contributed by atoms with Crippen LogP contribution in [0.15, 0.2) is 53.5 Å². The van der Waals surface area contributed by atoms with Gasteiger partial charge in [-0.05, 0) is 61.4 Å². The maximum atomic E-state index is 5.80. The van der Waals surface area contributed by atoms with Crippen LogP contribution in [0.1, 0.15) is 18.1 Å². The van der Waals surface area contributed by atoms with E-state index in [0.717, 1.165) is 21.5 Å². The lowest BCUT2D eigenvalue weighted by atomic mass is 10.0. The van der Waals surface area contributed by atoms with Crippen molar-refractivity contribution in [3.63, 3.8) is 0 Å². The molecule has 0 heterocycles. The quantitative estimate of drug-likeness (QED) is 0.719. The third-order valence-electron chi connectivity index (χ3n) is 2.71. The van der Waals surface area contributed by atoms with E-state index >= 15 is 0 Å². The van der Waals surface area contributed by atoms with E-state index < -0.39 is 0 Å².